The lowest BCUT2D eigenvalue weighted by atomic mass is 9.83. The van der Waals surface area contributed by atoms with Crippen LogP contribution in [0.1, 0.15) is 71.9 Å². The first-order chi connectivity index (χ1) is 28.6. The Balaban J connectivity index is 1.24. The van der Waals surface area contributed by atoms with Gasteiger partial charge >= 0.3 is 11.9 Å². The first-order valence-corrected chi connectivity index (χ1v) is 20.4. The van der Waals surface area contributed by atoms with Gasteiger partial charge < -0.3 is 78.4 Å². The van der Waals surface area contributed by atoms with Crippen molar-refractivity contribution in [2.24, 2.45) is 5.92 Å². The van der Waals surface area contributed by atoms with Crippen molar-refractivity contribution >= 4 is 28.5 Å². The van der Waals surface area contributed by atoms with E-state index in [0.717, 1.165) is 0 Å². The van der Waals surface area contributed by atoms with Gasteiger partial charge in [0.15, 0.2) is 36.9 Å². The number of carbonyl (C=O) groups excluding carboxylic acids is 3. The van der Waals surface area contributed by atoms with Gasteiger partial charge in [0.25, 0.3) is 0 Å². The molecular weight excluding hydrogens is 808 g/mol. The number of ketones is 1. The highest BCUT2D eigenvalue weighted by Gasteiger charge is 2.50. The molecule has 6 rings (SSSR count). The van der Waals surface area contributed by atoms with Crippen LogP contribution in [0.25, 0.3) is 10.8 Å². The van der Waals surface area contributed by atoms with Gasteiger partial charge in [-0.25, -0.2) is 4.79 Å². The van der Waals surface area contributed by atoms with Gasteiger partial charge in [-0.15, -0.1) is 0 Å². The number of carbonyl (C=O) groups is 3. The molecule has 0 aliphatic carbocycles. The molecule has 17 atom stereocenters. The zero-order chi connectivity index (χ0) is 44.8. The van der Waals surface area contributed by atoms with Crippen molar-refractivity contribution in [1.29, 1.82) is 0 Å². The SMILES string of the molecule is CO[C@H](C(=O)[C@@H](O)[C@@H](C)O)[C@@H]1Cc2cc(O)c3c(O)c(C)c(cc3c2)OC(=O)[C@H]1O[C@H]1C[C@@H](O[C@H]2C[C@@H](O[C@H]3C[C@](C)(O)[C@@H](OC(C)=O)[C@H](C)O3)[C@H](O)[C@@H](C)O2)[C@H](O)[C@@H](C)O1. The number of benzene rings is 2. The highest BCUT2D eigenvalue weighted by Crippen LogP contribution is 2.43. The van der Waals surface area contributed by atoms with Gasteiger partial charge in [-0.3, -0.25) is 9.59 Å². The van der Waals surface area contributed by atoms with Crippen molar-refractivity contribution in [2.75, 3.05) is 7.11 Å². The van der Waals surface area contributed by atoms with Crippen LogP contribution in [-0.2, 0) is 58.7 Å². The number of rotatable bonds is 12. The minimum absolute atomic E-state index is 0.0536. The maximum Gasteiger partial charge on any atom is 0.341 e. The number of phenolic OH excluding ortho intramolecular Hbond substituents is 2. The Bertz CT molecular complexity index is 1920. The lowest BCUT2D eigenvalue weighted by Crippen LogP contribution is -2.59. The molecular formula is C42H58O19. The molecule has 4 aliphatic heterocycles. The van der Waals surface area contributed by atoms with Crippen LogP contribution >= 0.6 is 0 Å². The summed E-state index contributed by atoms with van der Waals surface area (Å²) in [6, 6.07) is 4.47. The van der Waals surface area contributed by atoms with Gasteiger partial charge in [0.2, 0.25) is 0 Å². The second kappa shape index (κ2) is 18.6. The quantitative estimate of drug-likeness (QED) is 0.115. The van der Waals surface area contributed by atoms with Crippen molar-refractivity contribution in [3.8, 4) is 17.2 Å². The summed E-state index contributed by atoms with van der Waals surface area (Å²) in [7, 11) is 1.19. The molecule has 0 aromatic heterocycles. The number of Topliss-reactive ketones (excluding diaryl/α,β-unsaturated/α-hetero) is 1. The Kier molecular flexibility index (Phi) is 14.3. The number of methoxy groups -OCH3 is 1. The number of phenols is 2. The molecule has 0 spiro atoms. The number of aliphatic hydroxyl groups is 5. The number of ether oxygens (including phenoxy) is 9. The summed E-state index contributed by atoms with van der Waals surface area (Å²) in [5.74, 6) is -4.53. The van der Waals surface area contributed by atoms with Crippen molar-refractivity contribution < 1.29 is 92.8 Å². The maximum absolute atomic E-state index is 14.3. The second-order valence-electron chi connectivity index (χ2n) is 16.9. The molecule has 0 radical (unpaired) electrons. The fourth-order valence-corrected chi connectivity index (χ4v) is 8.72. The van der Waals surface area contributed by atoms with Gasteiger partial charge in [0.1, 0.15) is 47.3 Å². The topological polar surface area (TPSA) is 276 Å². The van der Waals surface area contributed by atoms with Gasteiger partial charge in [0, 0.05) is 44.8 Å². The second-order valence-corrected chi connectivity index (χ2v) is 16.9. The number of aromatic hydroxyl groups is 2. The highest BCUT2D eigenvalue weighted by atomic mass is 16.7. The Morgan fingerprint density at radius 1 is 0.885 bits per heavy atom. The normalized spacial score (nSPS) is 37.2. The Hall–Kier alpha value is -3.57. The molecule has 7 N–H and O–H groups in total. The number of hydrogen-bond acceptors (Lipinski definition) is 19. The van der Waals surface area contributed by atoms with E-state index < -0.39 is 121 Å². The molecule has 4 heterocycles. The zero-order valence-electron chi connectivity index (χ0n) is 35.3. The smallest absolute Gasteiger partial charge is 0.341 e. The lowest BCUT2D eigenvalue weighted by molar-refractivity contribution is -0.335. The van der Waals surface area contributed by atoms with Crippen molar-refractivity contribution in [3.63, 3.8) is 0 Å². The van der Waals surface area contributed by atoms with Gasteiger partial charge in [-0.05, 0) is 71.0 Å². The summed E-state index contributed by atoms with van der Waals surface area (Å²) < 4.78 is 53.5. The third-order valence-electron chi connectivity index (χ3n) is 12.0. The molecule has 4 aliphatic rings. The molecule has 0 unspecified atom stereocenters. The van der Waals surface area contributed by atoms with Crippen LogP contribution < -0.4 is 4.74 Å². The Morgan fingerprint density at radius 3 is 2.02 bits per heavy atom. The van der Waals surface area contributed by atoms with Crippen LogP contribution in [0.4, 0.5) is 0 Å². The van der Waals surface area contributed by atoms with Crippen molar-refractivity contribution in [3.05, 3.63) is 29.3 Å². The molecule has 61 heavy (non-hydrogen) atoms. The Morgan fingerprint density at radius 2 is 1.46 bits per heavy atom. The summed E-state index contributed by atoms with van der Waals surface area (Å²) >= 11 is 0. The standard InChI is InChI=1S/C42H58O19/c1-16-26-12-23-9-22(11-25(45)32(23)33(16)46)10-24(38(53-8)37(50)34(47)17(2)43)39(41(51)60-26)61-30-14-27(35(48)19(4)55-30)58-29-13-28(36(49)18(3)54-29)59-31-15-42(7,52)40(20(5)56-31)57-21(6)44/h9,11-12,17-20,24,27-31,34-36,38-40,43,45-49,52H,10,13-15H2,1-8H3/t17-,18-,19-,20+,24+,27-,28-,29+,30+,31+,34+,35-,36-,38+,39+,40+,42+/m1/s1. The minimum Gasteiger partial charge on any atom is -0.507 e. The third-order valence-corrected chi connectivity index (χ3v) is 12.0. The first-order valence-electron chi connectivity index (χ1n) is 20.4. The summed E-state index contributed by atoms with van der Waals surface area (Å²) in [4.78, 5) is 39.7. The van der Waals surface area contributed by atoms with E-state index >= 15 is 0 Å². The lowest BCUT2D eigenvalue weighted by Gasteiger charge is -2.46. The molecule has 0 amide bonds. The minimum atomic E-state index is -1.91. The molecule has 3 saturated heterocycles. The number of aliphatic hydroxyl groups excluding tert-OH is 4. The maximum atomic E-state index is 14.3. The van der Waals surface area contributed by atoms with E-state index in [0.29, 0.717) is 10.9 Å². The van der Waals surface area contributed by atoms with E-state index in [9.17, 15) is 50.1 Å². The van der Waals surface area contributed by atoms with E-state index in [1.165, 1.54) is 46.9 Å². The van der Waals surface area contributed by atoms with Crippen LogP contribution in [-0.4, -0.2) is 158 Å². The third kappa shape index (κ3) is 9.98. The molecule has 3 fully saturated rings. The largest absolute Gasteiger partial charge is 0.507 e. The van der Waals surface area contributed by atoms with Gasteiger partial charge in [-0.1, -0.05) is 6.07 Å². The van der Waals surface area contributed by atoms with E-state index in [2.05, 4.69) is 0 Å². The zero-order valence-corrected chi connectivity index (χ0v) is 35.3. The summed E-state index contributed by atoms with van der Waals surface area (Å²) in [6.07, 6.45) is -18.6. The summed E-state index contributed by atoms with van der Waals surface area (Å²) in [5.41, 5.74) is -0.999. The molecule has 19 heteroatoms. The van der Waals surface area contributed by atoms with Gasteiger partial charge in [-0.2, -0.15) is 0 Å². The van der Waals surface area contributed by atoms with Crippen LogP contribution in [0.5, 0.6) is 17.2 Å². The predicted molar refractivity (Wildman–Crippen MR) is 208 cm³/mol. The number of fused-ring (bicyclic) bond motifs is 2. The fourth-order valence-electron chi connectivity index (χ4n) is 8.72. The van der Waals surface area contributed by atoms with E-state index in [1.54, 1.807) is 26.8 Å². The summed E-state index contributed by atoms with van der Waals surface area (Å²) in [5, 5.41) is 76.8. The predicted octanol–water partition coefficient (Wildman–Crippen LogP) is 0.928. The molecule has 2 aromatic carbocycles. The van der Waals surface area contributed by atoms with Crippen LogP contribution in [0.2, 0.25) is 0 Å². The Labute approximate surface area is 352 Å². The summed E-state index contributed by atoms with van der Waals surface area (Å²) in [6.45, 7) is 10.2. The monoisotopic (exact) mass is 866 g/mol. The molecule has 340 valence electrons. The highest BCUT2D eigenvalue weighted by molar-refractivity contribution is 5.97. The van der Waals surface area contributed by atoms with Crippen molar-refractivity contribution in [1.82, 2.24) is 0 Å². The van der Waals surface area contributed by atoms with E-state index in [-0.39, 0.29) is 53.9 Å². The average Bonchev–Trinajstić information content (AvgIpc) is 3.16. The van der Waals surface area contributed by atoms with Gasteiger partial charge in [0.05, 0.1) is 42.0 Å². The number of esters is 2. The molecule has 19 nitrogen and oxygen atoms in total. The van der Waals surface area contributed by atoms with E-state index in [1.807, 2.05) is 0 Å². The molecule has 0 saturated carbocycles. The van der Waals surface area contributed by atoms with Crippen molar-refractivity contribution in [2.45, 2.75) is 172 Å². The van der Waals surface area contributed by atoms with Crippen LogP contribution in [0.3, 0.4) is 0 Å². The molecule has 3 bridgehead atoms. The van der Waals surface area contributed by atoms with E-state index in [4.69, 9.17) is 42.6 Å². The fraction of sp³-hybridized carbons (Fsp3) is 0.690. The average molecular weight is 867 g/mol. The molecule has 2 aromatic rings. The van der Waals surface area contributed by atoms with Crippen LogP contribution in [0, 0.1) is 12.8 Å². The first kappa shape index (κ1) is 46.9. The van der Waals surface area contributed by atoms with Crippen LogP contribution in [0.15, 0.2) is 18.2 Å². The number of hydrogen-bond donors (Lipinski definition) is 7.